The Kier molecular flexibility index (Phi) is 5.71. The first-order valence-electron chi connectivity index (χ1n) is 8.52. The number of carbonyl (C=O) groups is 1. The lowest BCUT2D eigenvalue weighted by molar-refractivity contribution is -0.136. The zero-order valence-corrected chi connectivity index (χ0v) is 16.7. The lowest BCUT2D eigenvalue weighted by Gasteiger charge is -2.35. The first kappa shape index (κ1) is 19.2. The Morgan fingerprint density at radius 2 is 2.04 bits per heavy atom. The third-order valence-corrected chi connectivity index (χ3v) is 4.60. The molecule has 3 rings (SSSR count). The van der Waals surface area contributed by atoms with E-state index in [-0.39, 0.29) is 29.8 Å². The average Bonchev–Trinajstić information content (AvgIpc) is 2.60. The van der Waals surface area contributed by atoms with Crippen molar-refractivity contribution in [2.24, 2.45) is 0 Å². The summed E-state index contributed by atoms with van der Waals surface area (Å²) in [7, 11) is 0. The van der Waals surface area contributed by atoms with Crippen molar-refractivity contribution in [3.05, 3.63) is 40.5 Å². The summed E-state index contributed by atoms with van der Waals surface area (Å²) in [6, 6.07) is 6.98. The van der Waals surface area contributed by atoms with Gasteiger partial charge >= 0.3 is 0 Å². The highest BCUT2D eigenvalue weighted by Gasteiger charge is 2.29. The standard InChI is InChI=1S/C18H21BrN6O2/c1-10-8-25(9-11(2)27-10)17(26)16(20)13-4-3-12(19)7-14(13)23-15-5-6-22-18(21)24-15/h3-7,10-11,20H,8-9H2,1-2H3,(H3,21,22,23,24). The number of benzene rings is 1. The van der Waals surface area contributed by atoms with Crippen molar-refractivity contribution in [1.82, 2.24) is 14.9 Å². The van der Waals surface area contributed by atoms with E-state index in [2.05, 4.69) is 31.2 Å². The number of amides is 1. The van der Waals surface area contributed by atoms with Crippen LogP contribution in [-0.2, 0) is 9.53 Å². The van der Waals surface area contributed by atoms with E-state index in [1.54, 1.807) is 29.2 Å². The van der Waals surface area contributed by atoms with Gasteiger partial charge in [0.1, 0.15) is 11.5 Å². The van der Waals surface area contributed by atoms with E-state index < -0.39 is 0 Å². The number of hydrogen-bond acceptors (Lipinski definition) is 7. The van der Waals surface area contributed by atoms with E-state index in [1.165, 1.54) is 6.20 Å². The topological polar surface area (TPSA) is 117 Å². The summed E-state index contributed by atoms with van der Waals surface area (Å²) in [5, 5.41) is 11.6. The number of nitrogens with two attached hydrogens (primary N) is 1. The number of nitrogens with one attached hydrogen (secondary N) is 2. The Hall–Kier alpha value is -2.52. The number of hydrogen-bond donors (Lipinski definition) is 3. The van der Waals surface area contributed by atoms with Crippen LogP contribution in [0.15, 0.2) is 34.9 Å². The van der Waals surface area contributed by atoms with Crippen molar-refractivity contribution in [3.8, 4) is 0 Å². The molecule has 8 nitrogen and oxygen atoms in total. The van der Waals surface area contributed by atoms with Gasteiger partial charge in [-0.2, -0.15) is 4.98 Å². The third kappa shape index (κ3) is 4.61. The van der Waals surface area contributed by atoms with Crippen LogP contribution in [0.1, 0.15) is 19.4 Å². The van der Waals surface area contributed by atoms with Crippen molar-refractivity contribution in [2.75, 3.05) is 24.1 Å². The smallest absolute Gasteiger partial charge is 0.272 e. The fraction of sp³-hybridized carbons (Fsp3) is 0.333. The van der Waals surface area contributed by atoms with Crippen LogP contribution >= 0.6 is 15.9 Å². The minimum absolute atomic E-state index is 0.0583. The number of nitrogen functional groups attached to an aromatic ring is 1. The molecule has 1 aliphatic heterocycles. The van der Waals surface area contributed by atoms with Gasteiger partial charge in [-0.05, 0) is 38.1 Å². The summed E-state index contributed by atoms with van der Waals surface area (Å²) in [5.41, 5.74) is 6.59. The van der Waals surface area contributed by atoms with E-state index in [4.69, 9.17) is 15.9 Å². The Morgan fingerprint density at radius 3 is 2.70 bits per heavy atom. The van der Waals surface area contributed by atoms with E-state index in [9.17, 15) is 4.79 Å². The summed E-state index contributed by atoms with van der Waals surface area (Å²) >= 11 is 3.42. The molecule has 2 atom stereocenters. The van der Waals surface area contributed by atoms with Crippen LogP contribution in [0.3, 0.4) is 0 Å². The maximum atomic E-state index is 12.9. The molecule has 0 saturated carbocycles. The van der Waals surface area contributed by atoms with Crippen LogP contribution in [0.25, 0.3) is 0 Å². The number of halogens is 1. The summed E-state index contributed by atoms with van der Waals surface area (Å²) in [6.45, 7) is 4.78. The molecule has 27 heavy (non-hydrogen) atoms. The van der Waals surface area contributed by atoms with Crippen molar-refractivity contribution in [1.29, 1.82) is 5.41 Å². The fourth-order valence-corrected chi connectivity index (χ4v) is 3.40. The molecule has 1 fully saturated rings. The van der Waals surface area contributed by atoms with Gasteiger partial charge < -0.3 is 20.7 Å². The molecular weight excluding hydrogens is 412 g/mol. The first-order chi connectivity index (χ1) is 12.8. The van der Waals surface area contributed by atoms with E-state index in [1.807, 2.05) is 13.8 Å². The molecule has 0 bridgehead atoms. The average molecular weight is 433 g/mol. The molecule has 2 heterocycles. The number of morpholine rings is 1. The Balaban J connectivity index is 1.87. The maximum Gasteiger partial charge on any atom is 0.272 e. The van der Waals surface area contributed by atoms with E-state index >= 15 is 0 Å². The molecule has 1 saturated heterocycles. The van der Waals surface area contributed by atoms with Gasteiger partial charge in [0.15, 0.2) is 0 Å². The SMILES string of the molecule is CC1CN(C(=O)C(=N)c2ccc(Br)cc2Nc2ccnc(N)n2)CC(C)O1. The molecule has 142 valence electrons. The van der Waals surface area contributed by atoms with Crippen LogP contribution in [-0.4, -0.2) is 51.8 Å². The van der Waals surface area contributed by atoms with Gasteiger partial charge in [-0.25, -0.2) is 4.98 Å². The lowest BCUT2D eigenvalue weighted by Crippen LogP contribution is -2.50. The molecule has 1 amide bonds. The predicted molar refractivity (Wildman–Crippen MR) is 107 cm³/mol. The largest absolute Gasteiger partial charge is 0.372 e. The van der Waals surface area contributed by atoms with Crippen molar-refractivity contribution in [2.45, 2.75) is 26.1 Å². The highest BCUT2D eigenvalue weighted by atomic mass is 79.9. The zero-order chi connectivity index (χ0) is 19.6. The molecule has 1 aromatic heterocycles. The van der Waals surface area contributed by atoms with Crippen LogP contribution in [0, 0.1) is 5.41 Å². The van der Waals surface area contributed by atoms with E-state index in [0.717, 1.165) is 4.47 Å². The van der Waals surface area contributed by atoms with Gasteiger partial charge in [0.2, 0.25) is 5.95 Å². The minimum atomic E-state index is -0.329. The monoisotopic (exact) mass is 432 g/mol. The number of nitrogens with zero attached hydrogens (tertiary/aromatic N) is 3. The Bertz CT molecular complexity index is 865. The Labute approximate surface area is 165 Å². The van der Waals surface area contributed by atoms with Crippen molar-refractivity contribution in [3.63, 3.8) is 0 Å². The first-order valence-corrected chi connectivity index (χ1v) is 9.31. The second kappa shape index (κ2) is 8.01. The molecule has 1 aliphatic rings. The highest BCUT2D eigenvalue weighted by molar-refractivity contribution is 9.10. The van der Waals surface area contributed by atoms with E-state index in [0.29, 0.717) is 30.2 Å². The van der Waals surface area contributed by atoms with Gasteiger partial charge in [-0.15, -0.1) is 0 Å². The quantitative estimate of drug-likeness (QED) is 0.638. The Morgan fingerprint density at radius 1 is 1.33 bits per heavy atom. The van der Waals surface area contributed by atoms with Gasteiger partial charge in [0, 0.05) is 29.3 Å². The zero-order valence-electron chi connectivity index (χ0n) is 15.1. The van der Waals surface area contributed by atoms with Crippen molar-refractivity contribution < 1.29 is 9.53 Å². The van der Waals surface area contributed by atoms with Gasteiger partial charge in [-0.1, -0.05) is 15.9 Å². The fourth-order valence-electron chi connectivity index (χ4n) is 3.04. The third-order valence-electron chi connectivity index (χ3n) is 4.11. The second-order valence-corrected chi connectivity index (χ2v) is 7.37. The van der Waals surface area contributed by atoms with Crippen LogP contribution in [0.2, 0.25) is 0 Å². The molecular formula is C18H21BrN6O2. The molecule has 0 spiro atoms. The van der Waals surface area contributed by atoms with Crippen LogP contribution < -0.4 is 11.1 Å². The van der Waals surface area contributed by atoms with Crippen LogP contribution in [0.4, 0.5) is 17.5 Å². The molecule has 2 unspecified atom stereocenters. The van der Waals surface area contributed by atoms with Gasteiger partial charge in [0.25, 0.3) is 5.91 Å². The number of rotatable bonds is 4. The van der Waals surface area contributed by atoms with Crippen LogP contribution in [0.5, 0.6) is 0 Å². The minimum Gasteiger partial charge on any atom is -0.372 e. The molecule has 2 aromatic rings. The molecule has 0 aliphatic carbocycles. The lowest BCUT2D eigenvalue weighted by atomic mass is 10.1. The number of ether oxygens (including phenoxy) is 1. The number of carbonyl (C=O) groups excluding carboxylic acids is 1. The number of anilines is 3. The molecule has 9 heteroatoms. The summed E-state index contributed by atoms with van der Waals surface area (Å²) in [4.78, 5) is 22.5. The molecule has 4 N–H and O–H groups in total. The molecule has 0 radical (unpaired) electrons. The van der Waals surface area contributed by atoms with Gasteiger partial charge in [-0.3, -0.25) is 10.2 Å². The maximum absolute atomic E-state index is 12.9. The predicted octanol–water partition coefficient (Wildman–Crippen LogP) is 2.57. The molecule has 1 aromatic carbocycles. The van der Waals surface area contributed by atoms with Gasteiger partial charge in [0.05, 0.1) is 17.9 Å². The summed E-state index contributed by atoms with van der Waals surface area (Å²) in [5.74, 6) is 0.291. The number of aromatic nitrogens is 2. The normalized spacial score (nSPS) is 19.6. The summed E-state index contributed by atoms with van der Waals surface area (Å²) < 4.78 is 6.48. The van der Waals surface area contributed by atoms with Crippen molar-refractivity contribution >= 4 is 45.0 Å². The highest BCUT2D eigenvalue weighted by Crippen LogP contribution is 2.26. The summed E-state index contributed by atoms with van der Waals surface area (Å²) in [6.07, 6.45) is 1.42. The second-order valence-electron chi connectivity index (χ2n) is 6.46.